The quantitative estimate of drug-likeness (QED) is 0.647. The van der Waals surface area contributed by atoms with Gasteiger partial charge in [0.1, 0.15) is 17.8 Å². The summed E-state index contributed by atoms with van der Waals surface area (Å²) in [7, 11) is 1.50. The number of anilines is 2. The molecule has 0 fully saturated rings. The van der Waals surface area contributed by atoms with Crippen molar-refractivity contribution >= 4 is 29.0 Å². The molecule has 0 bridgehead atoms. The van der Waals surface area contributed by atoms with Gasteiger partial charge in [-0.2, -0.15) is 9.61 Å². The van der Waals surface area contributed by atoms with Gasteiger partial charge in [-0.3, -0.25) is 15.4 Å². The molecule has 1 unspecified atom stereocenters. The molecule has 128 valence electrons. The van der Waals surface area contributed by atoms with E-state index in [1.54, 1.807) is 0 Å². The molecular formula is C14H19N7O3. The fourth-order valence-corrected chi connectivity index (χ4v) is 2.92. The number of aromatic nitrogens is 3. The van der Waals surface area contributed by atoms with E-state index < -0.39 is 11.0 Å². The number of nitrogens with zero attached hydrogens (tertiary/aromatic N) is 5. The summed E-state index contributed by atoms with van der Waals surface area (Å²) in [6, 6.07) is -0.175. The summed E-state index contributed by atoms with van der Waals surface area (Å²) in [6.07, 6.45) is 2.81. The number of carbonyl (C=O) groups excluding carboxylic acids is 1. The van der Waals surface area contributed by atoms with Crippen LogP contribution in [-0.4, -0.2) is 45.2 Å². The van der Waals surface area contributed by atoms with Crippen LogP contribution in [-0.2, 0) is 6.42 Å². The van der Waals surface area contributed by atoms with Crippen molar-refractivity contribution in [1.29, 1.82) is 0 Å². The molecule has 1 aliphatic rings. The maximum absolute atomic E-state index is 11.7. The molecule has 3 rings (SSSR count). The number of amides is 2. The van der Waals surface area contributed by atoms with Crippen molar-refractivity contribution < 1.29 is 9.72 Å². The lowest BCUT2D eigenvalue weighted by Gasteiger charge is -2.26. The Morgan fingerprint density at radius 2 is 2.29 bits per heavy atom. The number of hydrogen-bond acceptors (Lipinski definition) is 6. The first kappa shape index (κ1) is 16.0. The van der Waals surface area contributed by atoms with Gasteiger partial charge in [0.2, 0.25) is 5.65 Å². The predicted octanol–water partition coefficient (Wildman–Crippen LogP) is 1.55. The van der Waals surface area contributed by atoms with Gasteiger partial charge in [-0.25, -0.2) is 9.78 Å². The molecule has 3 heterocycles. The third-order valence-electron chi connectivity index (χ3n) is 4.35. The van der Waals surface area contributed by atoms with Crippen molar-refractivity contribution in [3.05, 3.63) is 21.9 Å². The number of nitro groups is 1. The minimum absolute atomic E-state index is 0.125. The standard InChI is InChI=1S/C14H19N7O3/c1-4-8(2)19-6-5-9-11(18-14(22)15-3)17-12-10(21(23)24)7-16-20(12)13(9)19/h7-8H,4-6H2,1-3H3,(H2,15,17,18,22). The number of fused-ring (bicyclic) bond motifs is 3. The van der Waals surface area contributed by atoms with Crippen molar-refractivity contribution in [2.75, 3.05) is 23.8 Å². The zero-order chi connectivity index (χ0) is 17.4. The van der Waals surface area contributed by atoms with Gasteiger partial charge < -0.3 is 10.2 Å². The molecule has 1 atom stereocenters. The second kappa shape index (κ2) is 5.95. The molecule has 0 saturated carbocycles. The van der Waals surface area contributed by atoms with E-state index in [4.69, 9.17) is 0 Å². The van der Waals surface area contributed by atoms with Crippen molar-refractivity contribution in [3.8, 4) is 0 Å². The molecule has 1 aliphatic heterocycles. The van der Waals surface area contributed by atoms with Crippen molar-refractivity contribution in [1.82, 2.24) is 19.9 Å². The van der Waals surface area contributed by atoms with Gasteiger partial charge in [0.15, 0.2) is 0 Å². The normalized spacial score (nSPS) is 14.5. The highest BCUT2D eigenvalue weighted by atomic mass is 16.6. The molecule has 24 heavy (non-hydrogen) atoms. The van der Waals surface area contributed by atoms with Gasteiger partial charge in [-0.1, -0.05) is 6.92 Å². The van der Waals surface area contributed by atoms with Crippen LogP contribution < -0.4 is 15.5 Å². The van der Waals surface area contributed by atoms with E-state index in [9.17, 15) is 14.9 Å². The molecule has 0 saturated heterocycles. The molecule has 0 radical (unpaired) electrons. The van der Waals surface area contributed by atoms with Gasteiger partial charge >= 0.3 is 11.7 Å². The highest BCUT2D eigenvalue weighted by molar-refractivity contribution is 5.90. The van der Waals surface area contributed by atoms with E-state index in [1.165, 1.54) is 17.8 Å². The minimum Gasteiger partial charge on any atom is -0.353 e. The summed E-state index contributed by atoms with van der Waals surface area (Å²) in [6.45, 7) is 4.92. The van der Waals surface area contributed by atoms with Crippen LogP contribution in [0.4, 0.5) is 22.1 Å². The molecule has 0 spiro atoms. The maximum atomic E-state index is 11.7. The Bertz CT molecular complexity index is 816. The van der Waals surface area contributed by atoms with Crippen molar-refractivity contribution in [2.24, 2.45) is 0 Å². The number of nitrogens with one attached hydrogen (secondary N) is 2. The Hall–Kier alpha value is -2.91. The largest absolute Gasteiger partial charge is 0.353 e. The zero-order valence-corrected chi connectivity index (χ0v) is 13.7. The lowest BCUT2D eigenvalue weighted by molar-refractivity contribution is -0.383. The Kier molecular flexibility index (Phi) is 3.96. The molecule has 10 heteroatoms. The van der Waals surface area contributed by atoms with Crippen LogP contribution in [0.15, 0.2) is 6.20 Å². The summed E-state index contributed by atoms with van der Waals surface area (Å²) < 4.78 is 1.50. The van der Waals surface area contributed by atoms with Crippen LogP contribution in [0, 0.1) is 10.1 Å². The van der Waals surface area contributed by atoms with Gasteiger partial charge in [0.25, 0.3) is 0 Å². The van der Waals surface area contributed by atoms with E-state index in [-0.39, 0.29) is 17.4 Å². The van der Waals surface area contributed by atoms with Crippen LogP contribution in [0.1, 0.15) is 25.8 Å². The summed E-state index contributed by atoms with van der Waals surface area (Å²) in [5.74, 6) is 1.10. The maximum Gasteiger partial charge on any atom is 0.333 e. The van der Waals surface area contributed by atoms with E-state index in [1.807, 2.05) is 0 Å². The zero-order valence-electron chi connectivity index (χ0n) is 13.7. The van der Waals surface area contributed by atoms with Crippen LogP contribution in [0.3, 0.4) is 0 Å². The van der Waals surface area contributed by atoms with E-state index in [0.29, 0.717) is 12.2 Å². The Morgan fingerprint density at radius 3 is 2.92 bits per heavy atom. The predicted molar refractivity (Wildman–Crippen MR) is 88.5 cm³/mol. The smallest absolute Gasteiger partial charge is 0.333 e. The Morgan fingerprint density at radius 1 is 1.54 bits per heavy atom. The summed E-state index contributed by atoms with van der Waals surface area (Å²) in [5.41, 5.74) is 0.776. The molecule has 0 aliphatic carbocycles. The second-order valence-electron chi connectivity index (χ2n) is 5.69. The molecule has 10 nitrogen and oxygen atoms in total. The first-order valence-corrected chi connectivity index (χ1v) is 7.78. The molecule has 0 aromatic carbocycles. The summed E-state index contributed by atoms with van der Waals surface area (Å²) >= 11 is 0. The molecule has 2 amide bonds. The average Bonchev–Trinajstić information content (AvgIpc) is 3.17. The second-order valence-corrected chi connectivity index (χ2v) is 5.69. The van der Waals surface area contributed by atoms with Crippen LogP contribution in [0.5, 0.6) is 0 Å². The third kappa shape index (κ3) is 2.39. The monoisotopic (exact) mass is 333 g/mol. The SMILES string of the molecule is CCC(C)N1CCc2c(NC(=O)NC)nc3c([N+](=O)[O-])cnn3c21. The lowest BCUT2D eigenvalue weighted by atomic mass is 10.2. The number of carbonyl (C=O) groups is 1. The number of hydrogen-bond donors (Lipinski definition) is 2. The fourth-order valence-electron chi connectivity index (χ4n) is 2.92. The van der Waals surface area contributed by atoms with Crippen LogP contribution in [0.25, 0.3) is 5.65 Å². The van der Waals surface area contributed by atoms with Gasteiger partial charge in [-0.05, 0) is 19.8 Å². The molecular weight excluding hydrogens is 314 g/mol. The molecule has 2 N–H and O–H groups in total. The summed E-state index contributed by atoms with van der Waals surface area (Å²) in [5, 5.41) is 20.5. The van der Waals surface area contributed by atoms with Crippen molar-refractivity contribution in [3.63, 3.8) is 0 Å². The van der Waals surface area contributed by atoms with Gasteiger partial charge in [0, 0.05) is 25.2 Å². The first-order valence-electron chi connectivity index (χ1n) is 7.78. The third-order valence-corrected chi connectivity index (χ3v) is 4.35. The number of rotatable bonds is 4. The average molecular weight is 333 g/mol. The van der Waals surface area contributed by atoms with Crippen LogP contribution >= 0.6 is 0 Å². The van der Waals surface area contributed by atoms with E-state index in [2.05, 4.69) is 39.5 Å². The first-order chi connectivity index (χ1) is 11.5. The highest BCUT2D eigenvalue weighted by Crippen LogP contribution is 2.36. The van der Waals surface area contributed by atoms with Gasteiger partial charge in [0.05, 0.1) is 4.92 Å². The Balaban J connectivity index is 2.24. The topological polar surface area (TPSA) is 118 Å². The molecule has 2 aromatic rings. The molecule has 2 aromatic heterocycles. The fraction of sp³-hybridized carbons (Fsp3) is 0.500. The van der Waals surface area contributed by atoms with E-state index >= 15 is 0 Å². The van der Waals surface area contributed by atoms with Gasteiger partial charge in [-0.15, -0.1) is 0 Å². The van der Waals surface area contributed by atoms with Crippen LogP contribution in [0.2, 0.25) is 0 Å². The lowest BCUT2D eigenvalue weighted by Crippen LogP contribution is -2.32. The number of urea groups is 1. The Labute approximate surface area is 138 Å². The summed E-state index contributed by atoms with van der Waals surface area (Å²) in [4.78, 5) is 28.9. The minimum atomic E-state index is -0.520. The van der Waals surface area contributed by atoms with E-state index in [0.717, 1.165) is 24.3 Å². The highest BCUT2D eigenvalue weighted by Gasteiger charge is 2.32. The van der Waals surface area contributed by atoms with Crippen molar-refractivity contribution in [2.45, 2.75) is 32.7 Å².